The largest absolute Gasteiger partial charge is 0.496 e. The van der Waals surface area contributed by atoms with Gasteiger partial charge in [-0.05, 0) is 44.4 Å². The molecule has 0 aliphatic carbocycles. The zero-order chi connectivity index (χ0) is 29.9. The molecule has 1 N–H and O–H groups in total. The number of hydrogen-bond acceptors (Lipinski definition) is 6. The summed E-state index contributed by atoms with van der Waals surface area (Å²) in [5.74, 6) is 1.15. The molecule has 4 aromatic rings. The van der Waals surface area contributed by atoms with Gasteiger partial charge in [0, 0.05) is 29.8 Å². The third-order valence-electron chi connectivity index (χ3n) is 7.99. The molecule has 0 bridgehead atoms. The van der Waals surface area contributed by atoms with Crippen LogP contribution in [0.5, 0.6) is 5.75 Å². The van der Waals surface area contributed by atoms with Crippen LogP contribution >= 0.6 is 11.8 Å². The third kappa shape index (κ3) is 5.92. The number of anilines is 1. The zero-order valence-corrected chi connectivity index (χ0v) is 25.5. The Hall–Kier alpha value is -4.08. The van der Waals surface area contributed by atoms with Crippen molar-refractivity contribution in [1.29, 1.82) is 0 Å². The van der Waals surface area contributed by atoms with Crippen LogP contribution in [-0.2, 0) is 14.3 Å². The number of methoxy groups -OCH3 is 1. The summed E-state index contributed by atoms with van der Waals surface area (Å²) in [6, 6.07) is 24.1. The Balaban J connectivity index is 1.55. The number of carbonyl (C=O) groups excluding carboxylic acids is 2. The van der Waals surface area contributed by atoms with E-state index in [1.807, 2.05) is 78.3 Å². The SMILES string of the molecule is COc1ccccc1[C@H]1SCC(=O)N(CC(=O)NC[C@H]2CCCO2)c2c1c(-c1ccccc1)nn2-c1ccc(C)cc1C. The average Bonchev–Trinajstić information content (AvgIpc) is 3.65. The van der Waals surface area contributed by atoms with Gasteiger partial charge in [-0.25, -0.2) is 4.68 Å². The van der Waals surface area contributed by atoms with Crippen molar-refractivity contribution in [3.8, 4) is 22.7 Å². The van der Waals surface area contributed by atoms with Gasteiger partial charge in [-0.1, -0.05) is 66.2 Å². The minimum absolute atomic E-state index is 0.00949. The van der Waals surface area contributed by atoms with Crippen molar-refractivity contribution >= 4 is 29.4 Å². The van der Waals surface area contributed by atoms with Gasteiger partial charge < -0.3 is 14.8 Å². The molecule has 2 atom stereocenters. The normalized spacial score (nSPS) is 18.3. The number of aryl methyl sites for hydroxylation is 2. The minimum atomic E-state index is -0.273. The summed E-state index contributed by atoms with van der Waals surface area (Å²) in [6.07, 6.45) is 1.92. The standard InChI is InChI=1S/C34H36N4O4S/c1-22-15-16-27(23(2)18-22)38-34-31(32(36-38)24-10-5-4-6-11-24)33(26-13-7-8-14-28(26)41-3)43-21-30(40)37(34)20-29(39)35-19-25-12-9-17-42-25/h4-8,10-11,13-16,18,25,33H,9,12,17,19-21H2,1-3H3,(H,35,39)/t25-,33-/m1/s1. The maximum Gasteiger partial charge on any atom is 0.240 e. The summed E-state index contributed by atoms with van der Waals surface area (Å²) >= 11 is 1.53. The van der Waals surface area contributed by atoms with Crippen molar-refractivity contribution in [1.82, 2.24) is 15.1 Å². The lowest BCUT2D eigenvalue weighted by Gasteiger charge is -2.24. The number of fused-ring (bicyclic) bond motifs is 1. The molecular weight excluding hydrogens is 560 g/mol. The summed E-state index contributed by atoms with van der Waals surface area (Å²) in [5, 5.41) is 7.95. The Morgan fingerprint density at radius 1 is 1.09 bits per heavy atom. The van der Waals surface area contributed by atoms with Gasteiger partial charge in [0.1, 0.15) is 18.1 Å². The van der Waals surface area contributed by atoms with E-state index in [1.54, 1.807) is 12.0 Å². The molecule has 6 rings (SSSR count). The van der Waals surface area contributed by atoms with Crippen molar-refractivity contribution < 1.29 is 19.1 Å². The zero-order valence-electron chi connectivity index (χ0n) is 24.7. The molecule has 3 aromatic carbocycles. The molecule has 0 unspecified atom stereocenters. The van der Waals surface area contributed by atoms with E-state index >= 15 is 0 Å². The molecule has 2 amide bonds. The molecule has 1 aromatic heterocycles. The number of carbonyl (C=O) groups is 2. The molecule has 222 valence electrons. The highest BCUT2D eigenvalue weighted by Crippen LogP contribution is 2.50. The fraction of sp³-hybridized carbons (Fsp3) is 0.324. The highest BCUT2D eigenvalue weighted by molar-refractivity contribution is 8.00. The van der Waals surface area contributed by atoms with Gasteiger partial charge in [-0.3, -0.25) is 14.5 Å². The second-order valence-electron chi connectivity index (χ2n) is 11.0. The molecule has 1 saturated heterocycles. The van der Waals surface area contributed by atoms with E-state index in [2.05, 4.69) is 18.3 Å². The van der Waals surface area contributed by atoms with Gasteiger partial charge in [0.15, 0.2) is 0 Å². The molecule has 0 spiro atoms. The maximum atomic E-state index is 14.0. The molecule has 43 heavy (non-hydrogen) atoms. The molecular formula is C34H36N4O4S. The predicted molar refractivity (Wildman–Crippen MR) is 170 cm³/mol. The molecule has 9 heteroatoms. The smallest absolute Gasteiger partial charge is 0.240 e. The molecule has 2 aliphatic heterocycles. The molecule has 2 aliphatic rings. The average molecular weight is 597 g/mol. The quantitative estimate of drug-likeness (QED) is 0.284. The summed E-state index contributed by atoms with van der Waals surface area (Å²) in [7, 11) is 1.66. The number of aromatic nitrogens is 2. The van der Waals surface area contributed by atoms with Crippen molar-refractivity contribution in [2.45, 2.75) is 38.0 Å². The number of nitrogens with one attached hydrogen (secondary N) is 1. The van der Waals surface area contributed by atoms with Gasteiger partial charge in [0.2, 0.25) is 11.8 Å². The van der Waals surface area contributed by atoms with E-state index in [4.69, 9.17) is 14.6 Å². The maximum absolute atomic E-state index is 14.0. The van der Waals surface area contributed by atoms with Crippen LogP contribution in [0.15, 0.2) is 72.8 Å². The lowest BCUT2D eigenvalue weighted by Crippen LogP contribution is -2.44. The van der Waals surface area contributed by atoms with Crippen molar-refractivity contribution in [2.75, 3.05) is 37.5 Å². The van der Waals surface area contributed by atoms with E-state index in [0.717, 1.165) is 57.8 Å². The van der Waals surface area contributed by atoms with Crippen LogP contribution in [0.2, 0.25) is 0 Å². The first-order chi connectivity index (χ1) is 20.9. The van der Waals surface area contributed by atoms with Gasteiger partial charge in [-0.2, -0.15) is 5.10 Å². The second-order valence-corrected chi connectivity index (χ2v) is 12.1. The number of ether oxygens (including phenoxy) is 2. The predicted octanol–water partition coefficient (Wildman–Crippen LogP) is 5.63. The fourth-order valence-electron chi connectivity index (χ4n) is 5.90. The number of para-hydroxylation sites is 1. The first kappa shape index (κ1) is 29.0. The van der Waals surface area contributed by atoms with Crippen LogP contribution in [0.3, 0.4) is 0 Å². The Morgan fingerprint density at radius 2 is 1.88 bits per heavy atom. The van der Waals surface area contributed by atoms with Crippen LogP contribution in [0, 0.1) is 13.8 Å². The molecule has 0 saturated carbocycles. The summed E-state index contributed by atoms with van der Waals surface area (Å²) in [4.78, 5) is 29.0. The topological polar surface area (TPSA) is 85.7 Å². The highest BCUT2D eigenvalue weighted by Gasteiger charge is 2.38. The second kappa shape index (κ2) is 12.7. The number of benzene rings is 3. The Bertz CT molecular complexity index is 1630. The van der Waals surface area contributed by atoms with E-state index in [9.17, 15) is 9.59 Å². The monoisotopic (exact) mass is 596 g/mol. The Labute approximate surface area is 256 Å². The van der Waals surface area contributed by atoms with Crippen LogP contribution in [0.4, 0.5) is 5.82 Å². The number of rotatable bonds is 8. The minimum Gasteiger partial charge on any atom is -0.496 e. The van der Waals surface area contributed by atoms with Crippen LogP contribution in [-0.4, -0.2) is 60.3 Å². The fourth-order valence-corrected chi connectivity index (χ4v) is 7.12. The summed E-state index contributed by atoms with van der Waals surface area (Å²) in [5.41, 5.74) is 6.52. The highest BCUT2D eigenvalue weighted by atomic mass is 32.2. The number of amides is 2. The summed E-state index contributed by atoms with van der Waals surface area (Å²) in [6.45, 7) is 5.12. The number of nitrogens with zero attached hydrogens (tertiary/aromatic N) is 3. The molecule has 3 heterocycles. The van der Waals surface area contributed by atoms with E-state index in [0.29, 0.717) is 19.0 Å². The Kier molecular flexibility index (Phi) is 8.54. The number of hydrogen-bond donors (Lipinski definition) is 1. The van der Waals surface area contributed by atoms with Crippen LogP contribution < -0.4 is 15.0 Å². The van der Waals surface area contributed by atoms with Crippen molar-refractivity contribution in [2.24, 2.45) is 0 Å². The molecule has 8 nitrogen and oxygen atoms in total. The van der Waals surface area contributed by atoms with Gasteiger partial charge in [-0.15, -0.1) is 11.8 Å². The summed E-state index contributed by atoms with van der Waals surface area (Å²) < 4.78 is 13.4. The van der Waals surface area contributed by atoms with Crippen molar-refractivity contribution in [3.05, 3.63) is 95.1 Å². The first-order valence-corrected chi connectivity index (χ1v) is 15.7. The molecule has 1 fully saturated rings. The van der Waals surface area contributed by atoms with Crippen LogP contribution in [0.25, 0.3) is 16.9 Å². The number of thioether (sulfide) groups is 1. The third-order valence-corrected chi connectivity index (χ3v) is 9.23. The van der Waals surface area contributed by atoms with Gasteiger partial charge in [0.25, 0.3) is 0 Å². The van der Waals surface area contributed by atoms with E-state index in [1.165, 1.54) is 11.8 Å². The first-order valence-electron chi connectivity index (χ1n) is 14.6. The lowest BCUT2D eigenvalue weighted by atomic mass is 9.99. The lowest BCUT2D eigenvalue weighted by molar-refractivity contribution is -0.123. The van der Waals surface area contributed by atoms with Gasteiger partial charge >= 0.3 is 0 Å². The van der Waals surface area contributed by atoms with Crippen molar-refractivity contribution in [3.63, 3.8) is 0 Å². The molecule has 0 radical (unpaired) electrons. The van der Waals surface area contributed by atoms with Gasteiger partial charge in [0.05, 0.1) is 35.6 Å². The van der Waals surface area contributed by atoms with Crippen LogP contribution in [0.1, 0.15) is 40.3 Å². The van der Waals surface area contributed by atoms with E-state index < -0.39 is 0 Å². The Morgan fingerprint density at radius 3 is 2.63 bits per heavy atom. The van der Waals surface area contributed by atoms with E-state index in [-0.39, 0.29) is 35.5 Å².